The molecule has 0 amide bonds. The highest BCUT2D eigenvalue weighted by atomic mass is 35.5. The number of nitrogens with zero attached hydrogens (tertiary/aromatic N) is 1. The van der Waals surface area contributed by atoms with Gasteiger partial charge in [-0.1, -0.05) is 11.6 Å². The van der Waals surface area contributed by atoms with Crippen LogP contribution >= 0.6 is 11.6 Å². The van der Waals surface area contributed by atoms with Crippen molar-refractivity contribution in [3.8, 4) is 0 Å². The molecule has 0 spiro atoms. The van der Waals surface area contributed by atoms with Gasteiger partial charge in [0.2, 0.25) is 5.95 Å². The van der Waals surface area contributed by atoms with E-state index < -0.39 is 17.4 Å². The van der Waals surface area contributed by atoms with Crippen molar-refractivity contribution in [2.45, 2.75) is 6.18 Å². The van der Waals surface area contributed by atoms with E-state index in [0.717, 1.165) is 0 Å². The van der Waals surface area contributed by atoms with Crippen LogP contribution in [0.4, 0.5) is 24.8 Å². The molecule has 0 bridgehead atoms. The number of rotatable bonds is 2. The zero-order valence-corrected chi connectivity index (χ0v) is 10.0. The average molecular weight is 290 g/mol. The summed E-state index contributed by atoms with van der Waals surface area (Å²) in [4.78, 5) is 16.6. The number of aromatic nitrogens is 2. The van der Waals surface area contributed by atoms with Gasteiger partial charge in [-0.3, -0.25) is 9.78 Å². The predicted octanol–water partition coefficient (Wildman–Crippen LogP) is 3.19. The molecule has 1 heterocycles. The Hall–Kier alpha value is -2.02. The van der Waals surface area contributed by atoms with Crippen LogP contribution in [0.25, 0.3) is 0 Å². The number of halogens is 4. The van der Waals surface area contributed by atoms with Crippen LogP contribution in [0.15, 0.2) is 35.1 Å². The summed E-state index contributed by atoms with van der Waals surface area (Å²) in [6.45, 7) is 0. The van der Waals surface area contributed by atoms with Crippen LogP contribution in [0, 0.1) is 0 Å². The smallest absolute Gasteiger partial charge is 0.326 e. The van der Waals surface area contributed by atoms with Crippen molar-refractivity contribution in [2.75, 3.05) is 5.32 Å². The summed E-state index contributed by atoms with van der Waals surface area (Å²) in [6.07, 6.45) is -4.68. The third-order valence-corrected chi connectivity index (χ3v) is 2.39. The number of alkyl halides is 3. The van der Waals surface area contributed by atoms with Gasteiger partial charge in [0, 0.05) is 16.8 Å². The van der Waals surface area contributed by atoms with Gasteiger partial charge in [-0.2, -0.15) is 13.2 Å². The van der Waals surface area contributed by atoms with Gasteiger partial charge in [-0.25, -0.2) is 4.98 Å². The van der Waals surface area contributed by atoms with Crippen molar-refractivity contribution in [3.63, 3.8) is 0 Å². The first-order valence-corrected chi connectivity index (χ1v) is 5.43. The van der Waals surface area contributed by atoms with Crippen molar-refractivity contribution in [2.24, 2.45) is 0 Å². The molecule has 0 saturated heterocycles. The molecule has 0 unspecified atom stereocenters. The van der Waals surface area contributed by atoms with Gasteiger partial charge in [0.1, 0.15) is 0 Å². The molecule has 0 aliphatic rings. The number of aromatic amines is 1. The maximum Gasteiger partial charge on any atom is 0.433 e. The standard InChI is InChI=1S/C11H7ClF3N3O/c12-6-1-3-7(4-2-6)16-10-17-8(11(13,14)15)5-9(19)18-10/h1-5H,(H2,16,17,18,19). The fraction of sp³-hybridized carbons (Fsp3) is 0.0909. The summed E-state index contributed by atoms with van der Waals surface area (Å²) in [7, 11) is 0. The molecule has 0 aliphatic carbocycles. The Morgan fingerprint density at radius 1 is 1.21 bits per heavy atom. The molecular formula is C11H7ClF3N3O. The Labute approximate surface area is 110 Å². The van der Waals surface area contributed by atoms with Crippen LogP contribution < -0.4 is 10.9 Å². The van der Waals surface area contributed by atoms with Gasteiger partial charge in [-0.05, 0) is 24.3 Å². The molecule has 1 aromatic carbocycles. The number of hydrogen-bond acceptors (Lipinski definition) is 3. The lowest BCUT2D eigenvalue weighted by Crippen LogP contribution is -2.17. The van der Waals surface area contributed by atoms with Crippen molar-refractivity contribution in [1.29, 1.82) is 0 Å². The minimum Gasteiger partial charge on any atom is -0.326 e. The van der Waals surface area contributed by atoms with Gasteiger partial charge in [0.05, 0.1) is 0 Å². The number of nitrogens with one attached hydrogen (secondary N) is 2. The minimum absolute atomic E-state index is 0.290. The van der Waals surface area contributed by atoms with Crippen molar-refractivity contribution < 1.29 is 13.2 Å². The molecule has 19 heavy (non-hydrogen) atoms. The second-order valence-electron chi connectivity index (χ2n) is 3.61. The Morgan fingerprint density at radius 2 is 1.84 bits per heavy atom. The summed E-state index contributed by atoms with van der Waals surface area (Å²) in [6, 6.07) is 6.59. The lowest BCUT2D eigenvalue weighted by Gasteiger charge is -2.09. The molecule has 2 aromatic rings. The van der Waals surface area contributed by atoms with Gasteiger partial charge in [-0.15, -0.1) is 0 Å². The van der Waals surface area contributed by atoms with Gasteiger partial charge >= 0.3 is 6.18 Å². The Kier molecular flexibility index (Phi) is 3.48. The zero-order chi connectivity index (χ0) is 14.0. The first-order valence-electron chi connectivity index (χ1n) is 5.06. The van der Waals surface area contributed by atoms with Gasteiger partial charge in [0.25, 0.3) is 5.56 Å². The lowest BCUT2D eigenvalue weighted by molar-refractivity contribution is -0.141. The van der Waals surface area contributed by atoms with E-state index >= 15 is 0 Å². The largest absolute Gasteiger partial charge is 0.433 e. The van der Waals surface area contributed by atoms with E-state index in [4.69, 9.17) is 11.6 Å². The van der Waals surface area contributed by atoms with Gasteiger partial charge < -0.3 is 5.32 Å². The van der Waals surface area contributed by atoms with Crippen molar-refractivity contribution in [3.05, 3.63) is 51.4 Å². The SMILES string of the molecule is O=c1cc(C(F)(F)F)nc(Nc2ccc(Cl)cc2)[nH]1. The predicted molar refractivity (Wildman–Crippen MR) is 64.6 cm³/mol. The number of H-pyrrole nitrogens is 1. The minimum atomic E-state index is -4.68. The molecule has 1 aromatic heterocycles. The van der Waals surface area contributed by atoms with E-state index in [1.54, 1.807) is 24.3 Å². The quantitative estimate of drug-likeness (QED) is 0.892. The summed E-state index contributed by atoms with van der Waals surface area (Å²) < 4.78 is 37.4. The van der Waals surface area contributed by atoms with E-state index in [-0.39, 0.29) is 5.95 Å². The normalized spacial score (nSPS) is 11.4. The monoisotopic (exact) mass is 289 g/mol. The van der Waals surface area contributed by atoms with Crippen LogP contribution in [0.2, 0.25) is 5.02 Å². The Bertz CT molecular complexity index is 637. The molecule has 0 radical (unpaired) electrons. The molecule has 8 heteroatoms. The summed E-state index contributed by atoms with van der Waals surface area (Å²) in [5.41, 5.74) is -1.70. The molecule has 2 N–H and O–H groups in total. The second kappa shape index (κ2) is 4.93. The molecule has 4 nitrogen and oxygen atoms in total. The molecule has 0 fully saturated rings. The average Bonchev–Trinajstić information content (AvgIpc) is 2.30. The number of anilines is 2. The molecular weight excluding hydrogens is 283 g/mol. The van der Waals surface area contributed by atoms with E-state index in [9.17, 15) is 18.0 Å². The third-order valence-electron chi connectivity index (χ3n) is 2.14. The number of hydrogen-bond donors (Lipinski definition) is 2. The van der Waals surface area contributed by atoms with E-state index in [2.05, 4.69) is 15.3 Å². The first kappa shape index (κ1) is 13.4. The maximum absolute atomic E-state index is 12.5. The van der Waals surface area contributed by atoms with Crippen LogP contribution in [-0.2, 0) is 6.18 Å². The summed E-state index contributed by atoms with van der Waals surface area (Å²) in [5.74, 6) is -0.290. The van der Waals surface area contributed by atoms with E-state index in [1.807, 2.05) is 0 Å². The highest BCUT2D eigenvalue weighted by Gasteiger charge is 2.33. The second-order valence-corrected chi connectivity index (χ2v) is 4.05. The first-order chi connectivity index (χ1) is 8.84. The van der Waals surface area contributed by atoms with Crippen LogP contribution in [-0.4, -0.2) is 9.97 Å². The zero-order valence-electron chi connectivity index (χ0n) is 9.25. The van der Waals surface area contributed by atoms with Gasteiger partial charge in [0.15, 0.2) is 5.69 Å². The topological polar surface area (TPSA) is 57.8 Å². The highest BCUT2D eigenvalue weighted by molar-refractivity contribution is 6.30. The Balaban J connectivity index is 2.33. The van der Waals surface area contributed by atoms with Crippen molar-refractivity contribution >= 4 is 23.2 Å². The molecule has 0 atom stereocenters. The third kappa shape index (κ3) is 3.47. The Morgan fingerprint density at radius 3 is 2.42 bits per heavy atom. The molecule has 100 valence electrons. The fourth-order valence-electron chi connectivity index (χ4n) is 1.33. The number of benzene rings is 1. The fourth-order valence-corrected chi connectivity index (χ4v) is 1.46. The van der Waals surface area contributed by atoms with E-state index in [1.165, 1.54) is 0 Å². The lowest BCUT2D eigenvalue weighted by atomic mass is 10.3. The summed E-state index contributed by atoms with van der Waals surface area (Å²) >= 11 is 5.67. The molecule has 0 aliphatic heterocycles. The van der Waals surface area contributed by atoms with Crippen LogP contribution in [0.1, 0.15) is 5.69 Å². The van der Waals surface area contributed by atoms with E-state index in [0.29, 0.717) is 16.8 Å². The maximum atomic E-state index is 12.5. The summed E-state index contributed by atoms with van der Waals surface area (Å²) in [5, 5.41) is 3.04. The van der Waals surface area contributed by atoms with Crippen molar-refractivity contribution in [1.82, 2.24) is 9.97 Å². The highest BCUT2D eigenvalue weighted by Crippen LogP contribution is 2.27. The molecule has 2 rings (SSSR count). The molecule has 0 saturated carbocycles. The van der Waals surface area contributed by atoms with Crippen LogP contribution in [0.3, 0.4) is 0 Å². The van der Waals surface area contributed by atoms with Crippen LogP contribution in [0.5, 0.6) is 0 Å².